The Labute approximate surface area is 258 Å². The SMILES string of the molecule is CCCc1ccc(Nc2nc(NN=C(C)c3ccc(S(C)(=O)=O)cc3)cc(NN=C(C)c3ccc(S(C)(=O)=O)cc3)n2)cc1. The molecule has 1 heterocycles. The highest BCUT2D eigenvalue weighted by atomic mass is 32.2. The number of hydrogen-bond donors (Lipinski definition) is 3. The van der Waals surface area contributed by atoms with Gasteiger partial charge in [0.25, 0.3) is 0 Å². The molecule has 0 bridgehead atoms. The Morgan fingerprint density at radius 3 is 1.50 bits per heavy atom. The Hall–Kier alpha value is -4.62. The lowest BCUT2D eigenvalue weighted by Gasteiger charge is -2.11. The summed E-state index contributed by atoms with van der Waals surface area (Å²) in [6, 6.07) is 22.6. The van der Waals surface area contributed by atoms with Crippen molar-refractivity contribution in [2.75, 3.05) is 28.7 Å². The molecule has 0 saturated carbocycles. The normalized spacial score (nSPS) is 12.6. The van der Waals surface area contributed by atoms with Gasteiger partial charge in [-0.3, -0.25) is 10.9 Å². The fourth-order valence-corrected chi connectivity index (χ4v) is 5.35. The van der Waals surface area contributed by atoms with Crippen LogP contribution < -0.4 is 16.2 Å². The monoisotopic (exact) mass is 633 g/mol. The molecule has 3 aromatic carbocycles. The summed E-state index contributed by atoms with van der Waals surface area (Å²) >= 11 is 0. The summed E-state index contributed by atoms with van der Waals surface area (Å²) in [7, 11) is -6.60. The van der Waals surface area contributed by atoms with E-state index in [4.69, 9.17) is 0 Å². The number of anilines is 4. The van der Waals surface area contributed by atoms with Crippen molar-refractivity contribution < 1.29 is 16.8 Å². The van der Waals surface area contributed by atoms with E-state index in [0.717, 1.165) is 42.2 Å². The van der Waals surface area contributed by atoms with Crippen molar-refractivity contribution in [3.05, 3.63) is 95.6 Å². The van der Waals surface area contributed by atoms with E-state index in [-0.39, 0.29) is 9.79 Å². The fraction of sp³-hybridized carbons (Fsp3) is 0.226. The van der Waals surface area contributed by atoms with E-state index in [2.05, 4.69) is 55.4 Å². The molecule has 44 heavy (non-hydrogen) atoms. The van der Waals surface area contributed by atoms with Gasteiger partial charge in [0.05, 0.1) is 21.2 Å². The van der Waals surface area contributed by atoms with Crippen molar-refractivity contribution in [2.24, 2.45) is 10.2 Å². The molecule has 0 amide bonds. The smallest absolute Gasteiger partial charge is 0.231 e. The van der Waals surface area contributed by atoms with Crippen LogP contribution in [0, 0.1) is 0 Å². The third-order valence-electron chi connectivity index (χ3n) is 6.55. The van der Waals surface area contributed by atoms with Crippen LogP contribution in [0.2, 0.25) is 0 Å². The molecule has 4 rings (SSSR count). The first kappa shape index (κ1) is 32.3. The molecule has 0 aliphatic heterocycles. The van der Waals surface area contributed by atoms with Gasteiger partial charge in [0.15, 0.2) is 31.3 Å². The van der Waals surface area contributed by atoms with E-state index in [9.17, 15) is 16.8 Å². The van der Waals surface area contributed by atoms with Gasteiger partial charge in [-0.15, -0.1) is 0 Å². The van der Waals surface area contributed by atoms with Crippen molar-refractivity contribution in [2.45, 2.75) is 43.4 Å². The van der Waals surface area contributed by atoms with Crippen LogP contribution in [0.15, 0.2) is 98.9 Å². The lowest BCUT2D eigenvalue weighted by Crippen LogP contribution is -2.07. The highest BCUT2D eigenvalue weighted by Crippen LogP contribution is 2.20. The topological polar surface area (TPSA) is 155 Å². The zero-order valence-electron chi connectivity index (χ0n) is 25.2. The minimum atomic E-state index is -3.30. The zero-order chi connectivity index (χ0) is 31.9. The van der Waals surface area contributed by atoms with Crippen LogP contribution >= 0.6 is 0 Å². The van der Waals surface area contributed by atoms with Crippen LogP contribution in [0.3, 0.4) is 0 Å². The summed E-state index contributed by atoms with van der Waals surface area (Å²) in [6.07, 6.45) is 4.38. The molecule has 0 aliphatic rings. The molecule has 13 heteroatoms. The molecule has 1 aromatic heterocycles. The summed E-state index contributed by atoms with van der Waals surface area (Å²) in [4.78, 5) is 9.57. The molecule has 0 spiro atoms. The standard InChI is InChI=1S/C31H35N7O4S2/c1-6-7-23-8-14-26(15-9-23)32-31-33-29(37-35-21(2)24-10-16-27(17-11-24)43(4,39)40)20-30(34-31)38-36-22(3)25-12-18-28(19-13-25)44(5,41)42/h8-20H,6-7H2,1-5H3,(H3,32,33,34,37,38). The van der Waals surface area contributed by atoms with E-state index >= 15 is 0 Å². The molecular weight excluding hydrogens is 599 g/mol. The van der Waals surface area contributed by atoms with E-state index in [1.807, 2.05) is 12.1 Å². The number of nitrogens with zero attached hydrogens (tertiary/aromatic N) is 4. The molecular formula is C31H35N7O4S2. The van der Waals surface area contributed by atoms with Gasteiger partial charge in [-0.1, -0.05) is 49.7 Å². The zero-order valence-corrected chi connectivity index (χ0v) is 26.8. The molecule has 0 radical (unpaired) electrons. The summed E-state index contributed by atoms with van der Waals surface area (Å²) in [6.45, 7) is 5.72. The number of aryl methyl sites for hydroxylation is 1. The van der Waals surface area contributed by atoms with Crippen LogP contribution in [-0.4, -0.2) is 50.7 Å². The predicted octanol–water partition coefficient (Wildman–Crippen LogP) is 5.65. The van der Waals surface area contributed by atoms with Crippen LogP contribution in [-0.2, 0) is 26.1 Å². The predicted molar refractivity (Wildman–Crippen MR) is 177 cm³/mol. The lowest BCUT2D eigenvalue weighted by atomic mass is 10.1. The molecule has 0 fully saturated rings. The second-order valence-electron chi connectivity index (χ2n) is 10.2. The average Bonchev–Trinajstić information content (AvgIpc) is 2.99. The van der Waals surface area contributed by atoms with Gasteiger partial charge in [-0.2, -0.15) is 20.2 Å². The van der Waals surface area contributed by atoms with Crippen molar-refractivity contribution in [1.82, 2.24) is 9.97 Å². The van der Waals surface area contributed by atoms with Crippen molar-refractivity contribution >= 4 is 54.4 Å². The summed E-state index contributed by atoms with van der Waals surface area (Å²) < 4.78 is 47.2. The summed E-state index contributed by atoms with van der Waals surface area (Å²) in [5, 5.41) is 12.1. The number of hydrazone groups is 2. The van der Waals surface area contributed by atoms with Gasteiger partial charge in [0.2, 0.25) is 5.95 Å². The molecule has 11 nitrogen and oxygen atoms in total. The van der Waals surface area contributed by atoms with Crippen molar-refractivity contribution in [3.63, 3.8) is 0 Å². The van der Waals surface area contributed by atoms with Gasteiger partial charge in [-0.05, 0) is 73.4 Å². The van der Waals surface area contributed by atoms with E-state index in [1.54, 1.807) is 68.4 Å². The average molecular weight is 634 g/mol. The van der Waals surface area contributed by atoms with Gasteiger partial charge < -0.3 is 5.32 Å². The summed E-state index contributed by atoms with van der Waals surface area (Å²) in [5.74, 6) is 1.06. The molecule has 0 atom stereocenters. The largest absolute Gasteiger partial charge is 0.324 e. The molecule has 3 N–H and O–H groups in total. The minimum absolute atomic E-state index is 0.231. The number of hydrogen-bond acceptors (Lipinski definition) is 11. The first-order valence-electron chi connectivity index (χ1n) is 13.8. The third kappa shape index (κ3) is 8.94. The number of aromatic nitrogens is 2. The van der Waals surface area contributed by atoms with Gasteiger partial charge in [0, 0.05) is 24.3 Å². The minimum Gasteiger partial charge on any atom is -0.324 e. The second-order valence-corrected chi connectivity index (χ2v) is 14.3. The molecule has 0 unspecified atom stereocenters. The lowest BCUT2D eigenvalue weighted by molar-refractivity contribution is 0.600. The first-order valence-corrected chi connectivity index (χ1v) is 17.6. The van der Waals surface area contributed by atoms with Gasteiger partial charge in [0.1, 0.15) is 0 Å². The summed E-state index contributed by atoms with van der Waals surface area (Å²) in [5.41, 5.74) is 10.7. The highest BCUT2D eigenvalue weighted by molar-refractivity contribution is 7.91. The second kappa shape index (κ2) is 13.8. The number of rotatable bonds is 12. The van der Waals surface area contributed by atoms with Crippen LogP contribution in [0.1, 0.15) is 43.9 Å². The van der Waals surface area contributed by atoms with Crippen LogP contribution in [0.5, 0.6) is 0 Å². The molecule has 0 aliphatic carbocycles. The van der Waals surface area contributed by atoms with E-state index in [1.165, 1.54) is 5.56 Å². The number of sulfone groups is 2. The number of benzene rings is 3. The maximum Gasteiger partial charge on any atom is 0.231 e. The number of nitrogens with one attached hydrogen (secondary N) is 3. The molecule has 0 saturated heterocycles. The Morgan fingerprint density at radius 2 is 1.11 bits per heavy atom. The van der Waals surface area contributed by atoms with Crippen LogP contribution in [0.25, 0.3) is 0 Å². The van der Waals surface area contributed by atoms with Crippen molar-refractivity contribution in [3.8, 4) is 0 Å². The Kier molecular flexibility index (Phi) is 10.1. The maximum atomic E-state index is 11.8. The first-order chi connectivity index (χ1) is 20.8. The van der Waals surface area contributed by atoms with E-state index < -0.39 is 19.7 Å². The maximum absolute atomic E-state index is 11.8. The Morgan fingerprint density at radius 1 is 0.682 bits per heavy atom. The quantitative estimate of drug-likeness (QED) is 0.133. The molecule has 4 aromatic rings. The molecule has 230 valence electrons. The third-order valence-corrected chi connectivity index (χ3v) is 8.81. The fourth-order valence-electron chi connectivity index (χ4n) is 4.09. The highest BCUT2D eigenvalue weighted by Gasteiger charge is 2.10. The Balaban J connectivity index is 1.59. The van der Waals surface area contributed by atoms with Crippen LogP contribution in [0.4, 0.5) is 23.3 Å². The van der Waals surface area contributed by atoms with Gasteiger partial charge in [-0.25, -0.2) is 16.8 Å². The van der Waals surface area contributed by atoms with Gasteiger partial charge >= 0.3 is 0 Å². The van der Waals surface area contributed by atoms with E-state index in [0.29, 0.717) is 29.0 Å². The Bertz CT molecular complexity index is 1780. The van der Waals surface area contributed by atoms with Crippen molar-refractivity contribution in [1.29, 1.82) is 0 Å².